The summed E-state index contributed by atoms with van der Waals surface area (Å²) in [4.78, 5) is 27.3. The zero-order chi connectivity index (χ0) is 17.5. The normalized spacial score (nSPS) is 11.0. The van der Waals surface area contributed by atoms with Crippen LogP contribution in [0.1, 0.15) is 36.6 Å². The maximum Gasteiger partial charge on any atom is 0.311 e. The molecule has 24 heavy (non-hydrogen) atoms. The van der Waals surface area contributed by atoms with E-state index < -0.39 is 0 Å². The summed E-state index contributed by atoms with van der Waals surface area (Å²) in [5, 5.41) is 4.86. The van der Waals surface area contributed by atoms with Crippen LogP contribution < -0.4 is 5.32 Å². The molecular weight excluding hydrogens is 324 g/mol. The number of carbonyl (C=O) groups excluding carboxylic acids is 2. The first-order valence-corrected chi connectivity index (χ1v) is 8.46. The Labute approximate surface area is 145 Å². The van der Waals surface area contributed by atoms with Crippen LogP contribution in [0.2, 0.25) is 0 Å². The van der Waals surface area contributed by atoms with Gasteiger partial charge in [0.1, 0.15) is 0 Å². The Morgan fingerprint density at radius 2 is 2.00 bits per heavy atom. The van der Waals surface area contributed by atoms with Gasteiger partial charge in [0, 0.05) is 11.5 Å². The lowest BCUT2D eigenvalue weighted by molar-refractivity contribution is -0.139. The molecule has 0 aliphatic heterocycles. The van der Waals surface area contributed by atoms with Crippen LogP contribution in [-0.2, 0) is 20.7 Å². The first-order chi connectivity index (χ1) is 11.5. The highest BCUT2D eigenvalue weighted by atomic mass is 32.1. The quantitative estimate of drug-likeness (QED) is 0.642. The summed E-state index contributed by atoms with van der Waals surface area (Å²) >= 11 is 1.27. The van der Waals surface area contributed by atoms with Gasteiger partial charge in [0.05, 0.1) is 19.2 Å². The van der Waals surface area contributed by atoms with Gasteiger partial charge < -0.3 is 4.74 Å². The van der Waals surface area contributed by atoms with Gasteiger partial charge in [-0.1, -0.05) is 38.1 Å². The molecular formula is C18H20N2O3S. The van der Waals surface area contributed by atoms with E-state index >= 15 is 0 Å². The van der Waals surface area contributed by atoms with E-state index in [1.165, 1.54) is 30.1 Å². The van der Waals surface area contributed by atoms with Crippen LogP contribution >= 0.6 is 11.3 Å². The smallest absolute Gasteiger partial charge is 0.311 e. The van der Waals surface area contributed by atoms with E-state index in [9.17, 15) is 9.59 Å². The second-order valence-electron chi connectivity index (χ2n) is 5.54. The van der Waals surface area contributed by atoms with Gasteiger partial charge in [-0.25, -0.2) is 4.98 Å². The molecule has 0 radical (unpaired) electrons. The summed E-state index contributed by atoms with van der Waals surface area (Å²) in [6.07, 6.45) is 3.31. The van der Waals surface area contributed by atoms with Crippen molar-refractivity contribution in [1.82, 2.24) is 4.98 Å². The molecule has 1 heterocycles. The van der Waals surface area contributed by atoms with Crippen molar-refractivity contribution in [2.45, 2.75) is 26.2 Å². The minimum absolute atomic E-state index is 0.0981. The summed E-state index contributed by atoms with van der Waals surface area (Å²) in [6.45, 7) is 4.28. The van der Waals surface area contributed by atoms with E-state index in [-0.39, 0.29) is 18.3 Å². The van der Waals surface area contributed by atoms with Crippen molar-refractivity contribution in [3.63, 3.8) is 0 Å². The Bertz CT molecular complexity index is 733. The van der Waals surface area contributed by atoms with Crippen LogP contribution in [0.25, 0.3) is 6.08 Å². The lowest BCUT2D eigenvalue weighted by Crippen LogP contribution is -2.08. The second kappa shape index (κ2) is 8.40. The zero-order valence-electron chi connectivity index (χ0n) is 13.9. The standard InChI is InChI=1S/C18H20N2O3S/c1-12(2)14-7-4-13(5-8-14)6-9-16(21)20-18-19-15(11-24-18)10-17(22)23-3/h4-9,11-12H,10H2,1-3H3,(H,19,20,21)/b9-6+. The molecule has 1 aromatic carbocycles. The molecule has 1 N–H and O–H groups in total. The molecule has 0 saturated heterocycles. The number of carbonyl (C=O) groups is 2. The summed E-state index contributed by atoms with van der Waals surface area (Å²) in [5.74, 6) is -0.139. The number of ether oxygens (including phenoxy) is 1. The summed E-state index contributed by atoms with van der Waals surface area (Å²) < 4.78 is 4.58. The van der Waals surface area contributed by atoms with Crippen LogP contribution in [0.3, 0.4) is 0 Å². The largest absolute Gasteiger partial charge is 0.469 e. The Kier molecular flexibility index (Phi) is 6.26. The van der Waals surface area contributed by atoms with Crippen molar-refractivity contribution in [3.05, 3.63) is 52.5 Å². The number of nitrogens with one attached hydrogen (secondary N) is 1. The summed E-state index contributed by atoms with van der Waals surface area (Å²) in [7, 11) is 1.33. The van der Waals surface area contributed by atoms with Gasteiger partial charge in [-0.05, 0) is 23.1 Å². The zero-order valence-corrected chi connectivity index (χ0v) is 14.7. The number of amides is 1. The van der Waals surface area contributed by atoms with Crippen LogP contribution in [0.4, 0.5) is 5.13 Å². The summed E-state index contributed by atoms with van der Waals surface area (Å²) in [6, 6.07) is 8.08. The third-order valence-corrected chi connectivity index (χ3v) is 4.17. The van der Waals surface area contributed by atoms with Gasteiger partial charge >= 0.3 is 5.97 Å². The molecule has 0 unspecified atom stereocenters. The van der Waals surface area contributed by atoms with Crippen molar-refractivity contribution in [2.24, 2.45) is 0 Å². The van der Waals surface area contributed by atoms with E-state index in [1.54, 1.807) is 11.5 Å². The lowest BCUT2D eigenvalue weighted by Gasteiger charge is -2.04. The molecule has 0 bridgehead atoms. The molecule has 126 valence electrons. The number of benzene rings is 1. The second-order valence-corrected chi connectivity index (χ2v) is 6.40. The predicted molar refractivity (Wildman–Crippen MR) is 96.0 cm³/mol. The molecule has 0 fully saturated rings. The van der Waals surface area contributed by atoms with E-state index in [0.717, 1.165) is 5.56 Å². The van der Waals surface area contributed by atoms with Crippen molar-refractivity contribution in [1.29, 1.82) is 0 Å². The number of hydrogen-bond acceptors (Lipinski definition) is 5. The number of hydrogen-bond donors (Lipinski definition) is 1. The Hall–Kier alpha value is -2.47. The number of esters is 1. The number of rotatable bonds is 6. The SMILES string of the molecule is COC(=O)Cc1csc(NC(=O)/C=C/c2ccc(C(C)C)cc2)n1. The molecule has 1 amide bonds. The van der Waals surface area contributed by atoms with E-state index in [0.29, 0.717) is 16.7 Å². The number of aromatic nitrogens is 1. The predicted octanol–water partition coefficient (Wildman–Crippen LogP) is 3.63. The molecule has 0 atom stereocenters. The molecule has 0 spiro atoms. The Morgan fingerprint density at radius 1 is 1.29 bits per heavy atom. The molecule has 0 saturated carbocycles. The highest BCUT2D eigenvalue weighted by Gasteiger charge is 2.08. The maximum absolute atomic E-state index is 11.9. The third-order valence-electron chi connectivity index (χ3n) is 3.37. The monoisotopic (exact) mass is 344 g/mol. The minimum atomic E-state index is -0.358. The Morgan fingerprint density at radius 3 is 2.62 bits per heavy atom. The minimum Gasteiger partial charge on any atom is -0.469 e. The fourth-order valence-corrected chi connectivity index (χ4v) is 2.69. The topological polar surface area (TPSA) is 68.3 Å². The van der Waals surface area contributed by atoms with E-state index in [1.807, 2.05) is 12.1 Å². The Balaban J connectivity index is 1.91. The van der Waals surface area contributed by atoms with Gasteiger partial charge in [0.15, 0.2) is 5.13 Å². The highest BCUT2D eigenvalue weighted by Crippen LogP contribution is 2.17. The molecule has 0 aliphatic rings. The van der Waals surface area contributed by atoms with Crippen LogP contribution in [0.15, 0.2) is 35.7 Å². The average molecular weight is 344 g/mol. The summed E-state index contributed by atoms with van der Waals surface area (Å²) in [5.41, 5.74) is 2.80. The number of anilines is 1. The molecule has 5 nitrogen and oxygen atoms in total. The van der Waals surface area contributed by atoms with E-state index in [4.69, 9.17) is 0 Å². The van der Waals surface area contributed by atoms with Crippen LogP contribution in [0, 0.1) is 0 Å². The van der Waals surface area contributed by atoms with Gasteiger partial charge in [0.2, 0.25) is 5.91 Å². The van der Waals surface area contributed by atoms with Crippen LogP contribution in [0.5, 0.6) is 0 Å². The fourth-order valence-electron chi connectivity index (χ4n) is 1.98. The van der Waals surface area contributed by atoms with Crippen LogP contribution in [-0.4, -0.2) is 24.0 Å². The van der Waals surface area contributed by atoms with Gasteiger partial charge in [0.25, 0.3) is 0 Å². The number of nitrogens with zero attached hydrogens (tertiary/aromatic N) is 1. The molecule has 0 aliphatic carbocycles. The lowest BCUT2D eigenvalue weighted by atomic mass is 10.0. The first-order valence-electron chi connectivity index (χ1n) is 7.58. The third kappa shape index (κ3) is 5.31. The van der Waals surface area contributed by atoms with Crippen molar-refractivity contribution in [3.8, 4) is 0 Å². The van der Waals surface area contributed by atoms with Crippen molar-refractivity contribution >= 4 is 34.4 Å². The van der Waals surface area contributed by atoms with Gasteiger partial charge in [-0.3, -0.25) is 14.9 Å². The van der Waals surface area contributed by atoms with Crippen molar-refractivity contribution < 1.29 is 14.3 Å². The fraction of sp³-hybridized carbons (Fsp3) is 0.278. The first kappa shape index (κ1) is 17.9. The van der Waals surface area contributed by atoms with E-state index in [2.05, 4.69) is 41.0 Å². The number of methoxy groups -OCH3 is 1. The van der Waals surface area contributed by atoms with Crippen molar-refractivity contribution in [2.75, 3.05) is 12.4 Å². The van der Waals surface area contributed by atoms with Gasteiger partial charge in [-0.15, -0.1) is 11.3 Å². The van der Waals surface area contributed by atoms with Gasteiger partial charge in [-0.2, -0.15) is 0 Å². The number of thiazole rings is 1. The molecule has 6 heteroatoms. The average Bonchev–Trinajstić information content (AvgIpc) is 3.00. The highest BCUT2D eigenvalue weighted by molar-refractivity contribution is 7.14. The molecule has 1 aromatic heterocycles. The molecule has 2 aromatic rings. The maximum atomic E-state index is 11.9. The molecule has 2 rings (SSSR count).